The molecule has 0 spiro atoms. The number of H-pyrrole nitrogens is 1. The van der Waals surface area contributed by atoms with E-state index >= 15 is 0 Å². The fourth-order valence-electron chi connectivity index (χ4n) is 3.20. The van der Waals surface area contributed by atoms with Crippen LogP contribution in [-0.2, 0) is 20.7 Å². The quantitative estimate of drug-likeness (QED) is 0.612. The standard InChI is InChI=1S/C23H30N2O5/c1-6-29-23(28)20-15(3)19(16(4)25-20)22(27)30-17(5)21(26)24-14(2)12-13-18-10-8-7-9-11-18/h7-11,14,17,25H,6,12-13H2,1-5H3,(H,24,26)/t14-,17-/m0/s1. The summed E-state index contributed by atoms with van der Waals surface area (Å²) in [5, 5.41) is 2.88. The molecule has 0 fully saturated rings. The van der Waals surface area contributed by atoms with Crippen molar-refractivity contribution in [3.63, 3.8) is 0 Å². The van der Waals surface area contributed by atoms with Crippen LogP contribution in [0.1, 0.15) is 64.9 Å². The van der Waals surface area contributed by atoms with Crippen LogP contribution in [0.25, 0.3) is 0 Å². The number of esters is 2. The molecule has 1 aromatic heterocycles. The van der Waals surface area contributed by atoms with Crippen LogP contribution in [0.2, 0.25) is 0 Å². The second-order valence-electron chi connectivity index (χ2n) is 7.33. The molecule has 2 rings (SSSR count). The van der Waals surface area contributed by atoms with E-state index in [2.05, 4.69) is 10.3 Å². The van der Waals surface area contributed by atoms with Crippen LogP contribution in [0.4, 0.5) is 0 Å². The van der Waals surface area contributed by atoms with Gasteiger partial charge in [0.05, 0.1) is 12.2 Å². The Kier molecular flexibility index (Phi) is 8.21. The Morgan fingerprint density at radius 3 is 2.37 bits per heavy atom. The number of amides is 1. The lowest BCUT2D eigenvalue weighted by atomic mass is 10.1. The molecule has 1 amide bonds. The number of aromatic nitrogens is 1. The van der Waals surface area contributed by atoms with Crippen molar-refractivity contribution < 1.29 is 23.9 Å². The van der Waals surface area contributed by atoms with Gasteiger partial charge in [0.1, 0.15) is 5.69 Å². The van der Waals surface area contributed by atoms with E-state index in [1.54, 1.807) is 20.8 Å². The van der Waals surface area contributed by atoms with E-state index in [0.717, 1.165) is 12.8 Å². The molecule has 7 nitrogen and oxygen atoms in total. The molecule has 2 aromatic rings. The number of aryl methyl sites for hydroxylation is 2. The third-order valence-electron chi connectivity index (χ3n) is 4.87. The monoisotopic (exact) mass is 414 g/mol. The SMILES string of the molecule is CCOC(=O)c1[nH]c(C)c(C(=O)O[C@@H](C)C(=O)N[C@@H](C)CCc2ccccc2)c1C. The Labute approximate surface area is 177 Å². The van der Waals surface area contributed by atoms with Gasteiger partial charge < -0.3 is 19.8 Å². The number of aromatic amines is 1. The average molecular weight is 415 g/mol. The highest BCUT2D eigenvalue weighted by atomic mass is 16.5. The number of carbonyl (C=O) groups excluding carboxylic acids is 3. The van der Waals surface area contributed by atoms with Gasteiger partial charge in [0.25, 0.3) is 5.91 Å². The number of hydrogen-bond acceptors (Lipinski definition) is 5. The summed E-state index contributed by atoms with van der Waals surface area (Å²) in [7, 11) is 0. The molecule has 162 valence electrons. The van der Waals surface area contributed by atoms with Gasteiger partial charge in [-0.2, -0.15) is 0 Å². The zero-order valence-corrected chi connectivity index (χ0v) is 18.2. The van der Waals surface area contributed by atoms with E-state index in [9.17, 15) is 14.4 Å². The van der Waals surface area contributed by atoms with Gasteiger partial charge in [0, 0.05) is 11.7 Å². The average Bonchev–Trinajstić information content (AvgIpc) is 3.01. The smallest absolute Gasteiger partial charge is 0.355 e. The molecular weight excluding hydrogens is 384 g/mol. The number of ether oxygens (including phenoxy) is 2. The molecule has 30 heavy (non-hydrogen) atoms. The van der Waals surface area contributed by atoms with Crippen LogP contribution in [0.15, 0.2) is 30.3 Å². The van der Waals surface area contributed by atoms with Crippen LogP contribution in [-0.4, -0.2) is 41.6 Å². The Morgan fingerprint density at radius 2 is 1.73 bits per heavy atom. The van der Waals surface area contributed by atoms with Crippen molar-refractivity contribution in [2.75, 3.05) is 6.61 Å². The summed E-state index contributed by atoms with van der Waals surface area (Å²) in [6, 6.07) is 9.96. The van der Waals surface area contributed by atoms with Gasteiger partial charge >= 0.3 is 11.9 Å². The molecule has 2 atom stereocenters. The van der Waals surface area contributed by atoms with Crippen LogP contribution >= 0.6 is 0 Å². The van der Waals surface area contributed by atoms with Gasteiger partial charge in [-0.05, 0) is 58.6 Å². The Balaban J connectivity index is 1.93. The van der Waals surface area contributed by atoms with Crippen LogP contribution in [0.5, 0.6) is 0 Å². The van der Waals surface area contributed by atoms with Gasteiger partial charge in [-0.25, -0.2) is 9.59 Å². The predicted octanol–water partition coefficient (Wildman–Crippen LogP) is 3.49. The molecule has 1 heterocycles. The minimum absolute atomic E-state index is 0.0648. The fourth-order valence-corrected chi connectivity index (χ4v) is 3.20. The summed E-state index contributed by atoms with van der Waals surface area (Å²) >= 11 is 0. The first kappa shape index (κ1) is 23.2. The van der Waals surface area contributed by atoms with Crippen molar-refractivity contribution in [2.24, 2.45) is 0 Å². The van der Waals surface area contributed by atoms with Crippen LogP contribution in [0, 0.1) is 13.8 Å². The van der Waals surface area contributed by atoms with Crippen molar-refractivity contribution in [2.45, 2.75) is 59.6 Å². The molecule has 1 aromatic carbocycles. The summed E-state index contributed by atoms with van der Waals surface area (Å²) in [5.74, 6) is -1.55. The summed E-state index contributed by atoms with van der Waals surface area (Å²) in [6.07, 6.45) is 0.654. The highest BCUT2D eigenvalue weighted by Crippen LogP contribution is 2.20. The third-order valence-corrected chi connectivity index (χ3v) is 4.87. The van der Waals surface area contributed by atoms with Crippen molar-refractivity contribution in [1.82, 2.24) is 10.3 Å². The lowest BCUT2D eigenvalue weighted by Gasteiger charge is -2.18. The Morgan fingerprint density at radius 1 is 1.07 bits per heavy atom. The summed E-state index contributed by atoms with van der Waals surface area (Å²) < 4.78 is 10.3. The van der Waals surface area contributed by atoms with Crippen LogP contribution < -0.4 is 5.32 Å². The number of nitrogens with one attached hydrogen (secondary N) is 2. The van der Waals surface area contributed by atoms with Gasteiger partial charge in [-0.1, -0.05) is 30.3 Å². The number of carbonyl (C=O) groups is 3. The van der Waals surface area contributed by atoms with E-state index in [1.165, 1.54) is 12.5 Å². The minimum Gasteiger partial charge on any atom is -0.461 e. The minimum atomic E-state index is -0.962. The zero-order valence-electron chi connectivity index (χ0n) is 18.2. The molecule has 0 saturated carbocycles. The molecule has 0 aliphatic heterocycles. The molecule has 0 bridgehead atoms. The van der Waals surface area contributed by atoms with E-state index in [0.29, 0.717) is 11.3 Å². The summed E-state index contributed by atoms with van der Waals surface area (Å²) in [6.45, 7) is 8.70. The maximum Gasteiger partial charge on any atom is 0.355 e. The van der Waals surface area contributed by atoms with Crippen LogP contribution in [0.3, 0.4) is 0 Å². The van der Waals surface area contributed by atoms with Gasteiger partial charge in [-0.3, -0.25) is 4.79 Å². The number of rotatable bonds is 9. The normalized spacial score (nSPS) is 12.7. The molecule has 0 unspecified atom stereocenters. The Bertz CT molecular complexity index is 888. The lowest BCUT2D eigenvalue weighted by molar-refractivity contribution is -0.129. The van der Waals surface area contributed by atoms with Gasteiger partial charge in [0.15, 0.2) is 6.10 Å². The first-order valence-electron chi connectivity index (χ1n) is 10.2. The highest BCUT2D eigenvalue weighted by molar-refractivity contribution is 5.99. The summed E-state index contributed by atoms with van der Waals surface area (Å²) in [5.41, 5.74) is 2.60. The molecule has 0 aliphatic rings. The highest BCUT2D eigenvalue weighted by Gasteiger charge is 2.27. The second-order valence-corrected chi connectivity index (χ2v) is 7.33. The molecule has 0 aliphatic carbocycles. The number of hydrogen-bond donors (Lipinski definition) is 2. The van der Waals surface area contributed by atoms with E-state index < -0.39 is 18.0 Å². The van der Waals surface area contributed by atoms with Crippen molar-refractivity contribution >= 4 is 17.8 Å². The third kappa shape index (κ3) is 5.95. The topological polar surface area (TPSA) is 97.5 Å². The summed E-state index contributed by atoms with van der Waals surface area (Å²) in [4.78, 5) is 39.9. The van der Waals surface area contributed by atoms with Gasteiger partial charge in [-0.15, -0.1) is 0 Å². The van der Waals surface area contributed by atoms with E-state index in [-0.39, 0.29) is 29.8 Å². The predicted molar refractivity (Wildman–Crippen MR) is 113 cm³/mol. The molecule has 0 saturated heterocycles. The maximum absolute atomic E-state index is 12.6. The first-order valence-corrected chi connectivity index (χ1v) is 10.2. The number of benzene rings is 1. The molecular formula is C23H30N2O5. The maximum atomic E-state index is 12.6. The fraction of sp³-hybridized carbons (Fsp3) is 0.435. The molecule has 7 heteroatoms. The second kappa shape index (κ2) is 10.6. The van der Waals surface area contributed by atoms with E-state index in [1.807, 2.05) is 37.3 Å². The van der Waals surface area contributed by atoms with Crippen molar-refractivity contribution in [3.8, 4) is 0 Å². The zero-order chi connectivity index (χ0) is 22.3. The first-order chi connectivity index (χ1) is 14.2. The largest absolute Gasteiger partial charge is 0.461 e. The van der Waals surface area contributed by atoms with E-state index in [4.69, 9.17) is 9.47 Å². The van der Waals surface area contributed by atoms with Gasteiger partial charge in [0.2, 0.25) is 0 Å². The van der Waals surface area contributed by atoms with Crippen molar-refractivity contribution in [1.29, 1.82) is 0 Å². The molecule has 2 N–H and O–H groups in total. The Hall–Kier alpha value is -3.09. The molecule has 0 radical (unpaired) electrons. The lowest BCUT2D eigenvalue weighted by Crippen LogP contribution is -2.41. The van der Waals surface area contributed by atoms with Crippen molar-refractivity contribution in [3.05, 3.63) is 58.4 Å².